The highest BCUT2D eigenvalue weighted by Gasteiger charge is 2.52. The van der Waals surface area contributed by atoms with Gasteiger partial charge < -0.3 is 9.84 Å². The highest BCUT2D eigenvalue weighted by atomic mass is 35.5. The van der Waals surface area contributed by atoms with E-state index in [0.29, 0.717) is 43.8 Å². The first-order chi connectivity index (χ1) is 17.8. The summed E-state index contributed by atoms with van der Waals surface area (Å²) < 4.78 is 17.4. The summed E-state index contributed by atoms with van der Waals surface area (Å²) in [5, 5.41) is 7.93. The largest absolute Gasteiger partial charge is 0.334 e. The van der Waals surface area contributed by atoms with E-state index in [0.717, 1.165) is 29.5 Å². The molecule has 5 rings (SSSR count). The van der Waals surface area contributed by atoms with E-state index in [1.54, 1.807) is 30.5 Å². The number of hydrogen-bond donors (Lipinski definition) is 1. The summed E-state index contributed by atoms with van der Waals surface area (Å²) >= 11 is 13.4. The van der Waals surface area contributed by atoms with E-state index in [9.17, 15) is 9.00 Å². The van der Waals surface area contributed by atoms with Crippen LogP contribution >= 0.6 is 23.2 Å². The number of anilines is 1. The van der Waals surface area contributed by atoms with Gasteiger partial charge in [0.15, 0.2) is 5.82 Å². The van der Waals surface area contributed by atoms with Crippen molar-refractivity contribution in [2.24, 2.45) is 0 Å². The van der Waals surface area contributed by atoms with Gasteiger partial charge in [-0.15, -0.1) is 0 Å². The lowest BCUT2D eigenvalue weighted by atomic mass is 9.94. The second-order valence-electron chi connectivity index (χ2n) is 9.03. The first kappa shape index (κ1) is 25.6. The van der Waals surface area contributed by atoms with Crippen molar-refractivity contribution < 1.29 is 13.5 Å². The third-order valence-corrected chi connectivity index (χ3v) is 8.26. The van der Waals surface area contributed by atoms with Crippen LogP contribution in [-0.2, 0) is 27.4 Å². The van der Waals surface area contributed by atoms with E-state index in [4.69, 9.17) is 27.7 Å². The minimum absolute atomic E-state index is 0.0601. The number of aromatic nitrogens is 3. The number of amides is 1. The zero-order valence-electron chi connectivity index (χ0n) is 20.3. The third kappa shape index (κ3) is 5.32. The molecule has 190 valence electrons. The molecule has 0 aliphatic heterocycles. The van der Waals surface area contributed by atoms with Crippen molar-refractivity contribution in [1.82, 2.24) is 15.1 Å². The van der Waals surface area contributed by atoms with Crippen molar-refractivity contribution >= 4 is 45.6 Å². The molecule has 1 aliphatic rings. The summed E-state index contributed by atoms with van der Waals surface area (Å²) in [6.45, 7) is 3.86. The first-order valence-electron chi connectivity index (χ1n) is 11.8. The van der Waals surface area contributed by atoms with Gasteiger partial charge >= 0.3 is 0 Å². The Bertz CT molecular complexity index is 1460. The van der Waals surface area contributed by atoms with Crippen molar-refractivity contribution in [3.05, 3.63) is 87.4 Å². The van der Waals surface area contributed by atoms with Crippen LogP contribution in [0, 0.1) is 6.92 Å². The van der Waals surface area contributed by atoms with Gasteiger partial charge in [-0.25, -0.2) is 0 Å². The standard InChI is InChI=1S/C27H24Cl2N4O3S/c1-3-37(35)20-9-8-18(30-15-20)14-23(34)31-19-12-21(28)24(22(29)13-19)27(10-11-27)26-32-25(36-33-26)17-6-4-16(2)5-7-17/h4-9,12-13,15H,3,10-11,14H2,1-2H3,(H,31,34). The van der Waals surface area contributed by atoms with Gasteiger partial charge in [-0.05, 0) is 56.2 Å². The molecule has 1 fully saturated rings. The molecule has 1 saturated carbocycles. The predicted molar refractivity (Wildman–Crippen MR) is 144 cm³/mol. The van der Waals surface area contributed by atoms with Crippen LogP contribution < -0.4 is 5.32 Å². The van der Waals surface area contributed by atoms with E-state index >= 15 is 0 Å². The van der Waals surface area contributed by atoms with Crippen LogP contribution in [0.5, 0.6) is 0 Å². The molecular formula is C27H24Cl2N4O3S. The maximum atomic E-state index is 12.6. The van der Waals surface area contributed by atoms with Gasteiger partial charge in [-0.3, -0.25) is 14.0 Å². The second-order valence-corrected chi connectivity index (χ2v) is 11.6. The predicted octanol–water partition coefficient (Wildman–Crippen LogP) is 6.14. The number of carbonyl (C=O) groups excluding carboxylic acids is 1. The molecule has 4 aromatic rings. The van der Waals surface area contributed by atoms with E-state index in [2.05, 4.69) is 20.4 Å². The highest BCUT2D eigenvalue weighted by molar-refractivity contribution is 7.85. The number of carbonyl (C=O) groups is 1. The van der Waals surface area contributed by atoms with Crippen molar-refractivity contribution in [1.29, 1.82) is 0 Å². The molecule has 10 heteroatoms. The third-order valence-electron chi connectivity index (χ3n) is 6.37. The van der Waals surface area contributed by atoms with Gasteiger partial charge in [0, 0.05) is 44.5 Å². The highest BCUT2D eigenvalue weighted by Crippen LogP contribution is 2.57. The number of aryl methyl sites for hydroxylation is 1. The summed E-state index contributed by atoms with van der Waals surface area (Å²) in [7, 11) is -1.08. The molecule has 7 nitrogen and oxygen atoms in total. The fourth-order valence-corrected chi connectivity index (χ4v) is 5.80. The van der Waals surface area contributed by atoms with Crippen LogP contribution in [0.15, 0.2) is 64.1 Å². The fraction of sp³-hybridized carbons (Fsp3) is 0.259. The van der Waals surface area contributed by atoms with Crippen LogP contribution in [0.2, 0.25) is 10.0 Å². The number of nitrogens with zero attached hydrogens (tertiary/aromatic N) is 3. The maximum absolute atomic E-state index is 12.6. The van der Waals surface area contributed by atoms with Crippen LogP contribution in [0.3, 0.4) is 0 Å². The Labute approximate surface area is 227 Å². The number of rotatable bonds is 8. The van der Waals surface area contributed by atoms with E-state index < -0.39 is 16.2 Å². The molecule has 1 atom stereocenters. The van der Waals surface area contributed by atoms with Crippen molar-refractivity contribution in [3.8, 4) is 11.5 Å². The molecule has 1 unspecified atom stereocenters. The number of halogens is 2. The number of pyridine rings is 1. The number of hydrogen-bond acceptors (Lipinski definition) is 6. The lowest BCUT2D eigenvalue weighted by Crippen LogP contribution is -2.16. The summed E-state index contributed by atoms with van der Waals surface area (Å²) in [6, 6.07) is 14.7. The monoisotopic (exact) mass is 554 g/mol. The topological polar surface area (TPSA) is 98.0 Å². The minimum atomic E-state index is -1.08. The Morgan fingerprint density at radius 3 is 2.41 bits per heavy atom. The molecule has 1 N–H and O–H groups in total. The molecular weight excluding hydrogens is 531 g/mol. The first-order valence-corrected chi connectivity index (χ1v) is 13.9. The second kappa shape index (κ2) is 10.4. The smallest absolute Gasteiger partial charge is 0.257 e. The van der Waals surface area contributed by atoms with Gasteiger partial charge in [0.05, 0.1) is 27.5 Å². The molecule has 0 bridgehead atoms. The van der Waals surface area contributed by atoms with E-state index in [1.807, 2.05) is 38.1 Å². The molecule has 0 spiro atoms. The summed E-state index contributed by atoms with van der Waals surface area (Å²) in [4.78, 5) is 22.2. The minimum Gasteiger partial charge on any atom is -0.334 e. The van der Waals surface area contributed by atoms with Gasteiger partial charge in [0.2, 0.25) is 5.91 Å². The average Bonchev–Trinajstić information content (AvgIpc) is 3.50. The Balaban J connectivity index is 1.32. The quantitative estimate of drug-likeness (QED) is 0.281. The zero-order chi connectivity index (χ0) is 26.2. The normalized spacial score (nSPS) is 14.8. The Morgan fingerprint density at radius 1 is 1.11 bits per heavy atom. The van der Waals surface area contributed by atoms with E-state index in [-0.39, 0.29) is 12.3 Å². The summed E-state index contributed by atoms with van der Waals surface area (Å²) in [5.74, 6) is 1.24. The van der Waals surface area contributed by atoms with Crippen molar-refractivity contribution in [2.75, 3.05) is 11.1 Å². The zero-order valence-corrected chi connectivity index (χ0v) is 22.6. The maximum Gasteiger partial charge on any atom is 0.257 e. The molecule has 1 aliphatic carbocycles. The number of nitrogens with one attached hydrogen (secondary N) is 1. The van der Waals surface area contributed by atoms with E-state index in [1.165, 1.54) is 0 Å². The number of benzene rings is 2. The van der Waals surface area contributed by atoms with Crippen LogP contribution in [0.4, 0.5) is 5.69 Å². The molecule has 2 heterocycles. The van der Waals surface area contributed by atoms with Crippen molar-refractivity contribution in [2.45, 2.75) is 43.4 Å². The summed E-state index contributed by atoms with van der Waals surface area (Å²) in [6.07, 6.45) is 3.18. The molecule has 0 radical (unpaired) electrons. The van der Waals surface area contributed by atoms with Crippen molar-refractivity contribution in [3.63, 3.8) is 0 Å². The molecule has 37 heavy (non-hydrogen) atoms. The SMILES string of the molecule is CCS(=O)c1ccc(CC(=O)Nc2cc(Cl)c(C3(c4noc(-c5ccc(C)cc5)n4)CC3)c(Cl)c2)nc1. The van der Waals surface area contributed by atoms with Crippen LogP contribution in [0.1, 0.15) is 42.4 Å². The Hall–Kier alpha value is -3.07. The molecule has 1 amide bonds. The molecule has 0 saturated heterocycles. The fourth-order valence-electron chi connectivity index (χ4n) is 4.23. The van der Waals surface area contributed by atoms with Gasteiger partial charge in [0.1, 0.15) is 0 Å². The Kier molecular flexibility index (Phi) is 7.16. The van der Waals surface area contributed by atoms with Gasteiger partial charge in [-0.2, -0.15) is 4.98 Å². The molecule has 2 aromatic heterocycles. The van der Waals surface area contributed by atoms with Gasteiger partial charge in [-0.1, -0.05) is 53.0 Å². The van der Waals surface area contributed by atoms with Crippen LogP contribution in [0.25, 0.3) is 11.5 Å². The summed E-state index contributed by atoms with van der Waals surface area (Å²) in [5.41, 5.74) is 3.25. The molecule has 2 aromatic carbocycles. The van der Waals surface area contributed by atoms with Gasteiger partial charge in [0.25, 0.3) is 5.89 Å². The van der Waals surface area contributed by atoms with Crippen LogP contribution in [-0.4, -0.2) is 31.0 Å². The lowest BCUT2D eigenvalue weighted by molar-refractivity contribution is -0.115. The average molecular weight is 555 g/mol. The Morgan fingerprint density at radius 2 is 1.81 bits per heavy atom. The lowest BCUT2D eigenvalue weighted by Gasteiger charge is -2.17.